The largest absolute Gasteiger partial charge is 0.490 e. The van der Waals surface area contributed by atoms with Crippen molar-refractivity contribution < 1.29 is 27.9 Å². The molecule has 6 nitrogen and oxygen atoms in total. The van der Waals surface area contributed by atoms with Gasteiger partial charge in [0.05, 0.1) is 29.8 Å². The lowest BCUT2D eigenvalue weighted by Gasteiger charge is -2.23. The molecule has 1 aliphatic heterocycles. The minimum Gasteiger partial charge on any atom is -0.475 e. The number of carbonyl (C=O) groups excluding carboxylic acids is 1. The number of nitrogens with two attached hydrogens (primary N) is 1. The maximum absolute atomic E-state index is 12.2. The number of halogens is 3. The van der Waals surface area contributed by atoms with E-state index in [0.29, 0.717) is 13.1 Å². The number of amides is 1. The van der Waals surface area contributed by atoms with Crippen molar-refractivity contribution in [1.29, 1.82) is 0 Å². The molecule has 0 aliphatic carbocycles. The molecular weight excluding hydrogens is 347 g/mol. The van der Waals surface area contributed by atoms with Crippen LogP contribution in [0.5, 0.6) is 0 Å². The van der Waals surface area contributed by atoms with Crippen LogP contribution in [0, 0.1) is 12.8 Å². The molecule has 1 aromatic heterocycles. The molecule has 1 amide bonds. The second kappa shape index (κ2) is 7.93. The molecule has 2 rings (SSSR count). The van der Waals surface area contributed by atoms with E-state index in [1.807, 2.05) is 18.7 Å². The Kier molecular flexibility index (Phi) is 6.73. The van der Waals surface area contributed by atoms with Crippen molar-refractivity contribution in [3.05, 3.63) is 15.6 Å². The summed E-state index contributed by atoms with van der Waals surface area (Å²) in [4.78, 5) is 28.5. The summed E-state index contributed by atoms with van der Waals surface area (Å²) in [5.41, 5.74) is 7.03. The van der Waals surface area contributed by atoms with Crippen LogP contribution in [0.25, 0.3) is 0 Å². The highest BCUT2D eigenvalue weighted by Crippen LogP contribution is 2.28. The van der Waals surface area contributed by atoms with Crippen molar-refractivity contribution in [2.24, 2.45) is 11.7 Å². The molecule has 1 aliphatic rings. The Morgan fingerprint density at radius 2 is 1.96 bits per heavy atom. The van der Waals surface area contributed by atoms with Crippen molar-refractivity contribution >= 4 is 23.2 Å². The summed E-state index contributed by atoms with van der Waals surface area (Å²) in [6, 6.07) is -0.380. The molecule has 0 fully saturated rings. The topological polar surface area (TPSA) is 96.5 Å². The molecule has 2 heterocycles. The highest BCUT2D eigenvalue weighted by Gasteiger charge is 2.38. The first-order chi connectivity index (χ1) is 11.0. The number of fused-ring (bicyclic) bond motifs is 1. The first-order valence-electron chi connectivity index (χ1n) is 7.27. The quantitative estimate of drug-likeness (QED) is 0.854. The number of carbonyl (C=O) groups is 2. The zero-order chi connectivity index (χ0) is 18.7. The van der Waals surface area contributed by atoms with E-state index >= 15 is 0 Å². The SMILES string of the molecule is CC[C@@H](C)[C@H](N)C(=O)N1Cc2nc(C)sc2C1.O=C(O)C(F)(F)F. The van der Waals surface area contributed by atoms with Crippen LogP contribution < -0.4 is 5.73 Å². The average Bonchev–Trinajstić information content (AvgIpc) is 3.01. The van der Waals surface area contributed by atoms with E-state index in [2.05, 4.69) is 11.9 Å². The zero-order valence-electron chi connectivity index (χ0n) is 13.6. The monoisotopic (exact) mass is 367 g/mol. The van der Waals surface area contributed by atoms with E-state index in [0.717, 1.165) is 17.1 Å². The van der Waals surface area contributed by atoms with Gasteiger partial charge in [-0.15, -0.1) is 11.3 Å². The Morgan fingerprint density at radius 3 is 2.38 bits per heavy atom. The molecule has 2 atom stereocenters. The van der Waals surface area contributed by atoms with Crippen LogP contribution in [-0.4, -0.2) is 39.1 Å². The van der Waals surface area contributed by atoms with Gasteiger partial charge in [0.1, 0.15) is 0 Å². The fourth-order valence-electron chi connectivity index (χ4n) is 2.03. The molecule has 0 aromatic carbocycles. The van der Waals surface area contributed by atoms with E-state index in [9.17, 15) is 18.0 Å². The van der Waals surface area contributed by atoms with Crippen molar-refractivity contribution in [3.8, 4) is 0 Å². The summed E-state index contributed by atoms with van der Waals surface area (Å²) in [6.45, 7) is 7.40. The molecule has 136 valence electrons. The number of thiazole rings is 1. The third-order valence-corrected chi connectivity index (χ3v) is 4.65. The first kappa shape index (κ1) is 20.4. The van der Waals surface area contributed by atoms with E-state index in [-0.39, 0.29) is 17.9 Å². The van der Waals surface area contributed by atoms with Crippen LogP contribution in [0.2, 0.25) is 0 Å². The van der Waals surface area contributed by atoms with Gasteiger partial charge in [-0.05, 0) is 12.8 Å². The summed E-state index contributed by atoms with van der Waals surface area (Å²) in [6.07, 6.45) is -4.15. The van der Waals surface area contributed by atoms with Gasteiger partial charge in [0.25, 0.3) is 0 Å². The first-order valence-corrected chi connectivity index (χ1v) is 8.08. The molecule has 10 heteroatoms. The average molecular weight is 367 g/mol. The molecule has 0 unspecified atom stereocenters. The molecule has 0 saturated heterocycles. The van der Waals surface area contributed by atoms with E-state index in [1.165, 1.54) is 4.88 Å². The number of hydrogen-bond acceptors (Lipinski definition) is 5. The number of aliphatic carboxylic acids is 1. The van der Waals surface area contributed by atoms with Gasteiger partial charge in [-0.2, -0.15) is 13.2 Å². The van der Waals surface area contributed by atoms with Gasteiger partial charge in [-0.3, -0.25) is 4.79 Å². The van der Waals surface area contributed by atoms with Crippen LogP contribution in [0.1, 0.15) is 35.8 Å². The fourth-order valence-corrected chi connectivity index (χ4v) is 2.99. The smallest absolute Gasteiger partial charge is 0.475 e. The number of aryl methyl sites for hydroxylation is 1. The normalized spacial score (nSPS) is 16.0. The number of alkyl halides is 3. The highest BCUT2D eigenvalue weighted by molar-refractivity contribution is 7.11. The van der Waals surface area contributed by atoms with Crippen molar-refractivity contribution in [3.63, 3.8) is 0 Å². The fraction of sp³-hybridized carbons (Fsp3) is 0.643. The third kappa shape index (κ3) is 5.17. The lowest BCUT2D eigenvalue weighted by Crippen LogP contribution is -2.45. The molecule has 24 heavy (non-hydrogen) atoms. The minimum absolute atomic E-state index is 0.0576. The number of carboxylic acids is 1. The van der Waals surface area contributed by atoms with Crippen LogP contribution >= 0.6 is 11.3 Å². The Bertz CT molecular complexity index is 580. The van der Waals surface area contributed by atoms with Gasteiger partial charge in [-0.1, -0.05) is 20.3 Å². The minimum atomic E-state index is -5.08. The second-order valence-electron chi connectivity index (χ2n) is 5.51. The molecular formula is C14H20F3N3O3S. The predicted octanol–water partition coefficient (Wildman–Crippen LogP) is 2.30. The van der Waals surface area contributed by atoms with Gasteiger partial charge < -0.3 is 15.7 Å². The van der Waals surface area contributed by atoms with Gasteiger partial charge in [0.2, 0.25) is 5.91 Å². The molecule has 0 bridgehead atoms. The third-order valence-electron chi connectivity index (χ3n) is 3.66. The van der Waals surface area contributed by atoms with Gasteiger partial charge >= 0.3 is 12.1 Å². The van der Waals surface area contributed by atoms with Crippen molar-refractivity contribution in [1.82, 2.24) is 9.88 Å². The van der Waals surface area contributed by atoms with E-state index < -0.39 is 12.1 Å². The number of carboxylic acid groups (broad SMARTS) is 1. The van der Waals surface area contributed by atoms with Crippen molar-refractivity contribution in [2.75, 3.05) is 0 Å². The number of hydrogen-bond donors (Lipinski definition) is 2. The highest BCUT2D eigenvalue weighted by atomic mass is 32.1. The predicted molar refractivity (Wildman–Crippen MR) is 82.2 cm³/mol. The molecule has 3 N–H and O–H groups in total. The van der Waals surface area contributed by atoms with Gasteiger partial charge in [0, 0.05) is 4.88 Å². The van der Waals surface area contributed by atoms with Gasteiger partial charge in [0.15, 0.2) is 0 Å². The molecule has 0 radical (unpaired) electrons. The van der Waals surface area contributed by atoms with Crippen molar-refractivity contribution in [2.45, 2.75) is 52.5 Å². The Morgan fingerprint density at radius 1 is 1.42 bits per heavy atom. The lowest BCUT2D eigenvalue weighted by molar-refractivity contribution is -0.192. The van der Waals surface area contributed by atoms with E-state index in [4.69, 9.17) is 15.6 Å². The summed E-state index contributed by atoms with van der Waals surface area (Å²) < 4.78 is 31.7. The van der Waals surface area contributed by atoms with Crippen LogP contribution in [0.3, 0.4) is 0 Å². The second-order valence-corrected chi connectivity index (χ2v) is 6.80. The summed E-state index contributed by atoms with van der Waals surface area (Å²) in [5, 5.41) is 8.20. The Hall–Kier alpha value is -1.68. The Balaban J connectivity index is 0.000000351. The summed E-state index contributed by atoms with van der Waals surface area (Å²) in [5.74, 6) is -2.47. The standard InChI is InChI=1S/C12H19N3OS.C2HF3O2/c1-4-7(2)11(13)12(16)15-5-9-10(6-15)17-8(3)14-9;3-2(4,5)1(6)7/h7,11H,4-6,13H2,1-3H3;(H,6,7)/t7-,11+;/m1./s1. The van der Waals surface area contributed by atoms with Crippen LogP contribution in [0.15, 0.2) is 0 Å². The maximum Gasteiger partial charge on any atom is 0.490 e. The van der Waals surface area contributed by atoms with Gasteiger partial charge in [-0.25, -0.2) is 9.78 Å². The van der Waals surface area contributed by atoms with Crippen LogP contribution in [0.4, 0.5) is 13.2 Å². The number of rotatable bonds is 3. The molecule has 1 aromatic rings. The summed E-state index contributed by atoms with van der Waals surface area (Å²) >= 11 is 1.68. The lowest BCUT2D eigenvalue weighted by atomic mass is 9.99. The van der Waals surface area contributed by atoms with E-state index in [1.54, 1.807) is 11.3 Å². The Labute approximate surface area is 141 Å². The zero-order valence-corrected chi connectivity index (χ0v) is 14.4. The number of aromatic nitrogens is 1. The summed E-state index contributed by atoms with van der Waals surface area (Å²) in [7, 11) is 0. The maximum atomic E-state index is 12.2. The number of nitrogens with zero attached hydrogens (tertiary/aromatic N) is 2. The molecule has 0 spiro atoms. The molecule has 0 saturated carbocycles. The van der Waals surface area contributed by atoms with Crippen LogP contribution in [-0.2, 0) is 22.7 Å².